The second kappa shape index (κ2) is 6.94. The summed E-state index contributed by atoms with van der Waals surface area (Å²) in [6, 6.07) is 5.99. The van der Waals surface area contributed by atoms with Crippen molar-refractivity contribution in [3.63, 3.8) is 0 Å². The number of thiophene rings is 1. The number of oxazole rings is 1. The Balaban J connectivity index is 1.58. The third-order valence-corrected chi connectivity index (χ3v) is 6.53. The maximum atomic E-state index is 13.0. The Morgan fingerprint density at radius 1 is 1.22 bits per heavy atom. The standard InChI is InChI=1S/C19H16FN3O2S2/c1-10-11(2)27-17-15(10)18(24)23(3)19(22-17)26-9-14-8-25-16(21-14)12-4-6-13(20)7-5-12/h4-8H,9H2,1-3H3. The van der Waals surface area contributed by atoms with Gasteiger partial charge in [0.25, 0.3) is 5.56 Å². The Morgan fingerprint density at radius 2 is 1.96 bits per heavy atom. The SMILES string of the molecule is Cc1sc2nc(SCc3coc(-c4ccc(F)cc4)n3)n(C)c(=O)c2c1C. The van der Waals surface area contributed by atoms with Crippen molar-refractivity contribution in [1.82, 2.24) is 14.5 Å². The lowest BCUT2D eigenvalue weighted by atomic mass is 10.2. The Labute approximate surface area is 162 Å². The van der Waals surface area contributed by atoms with E-state index in [4.69, 9.17) is 4.42 Å². The topological polar surface area (TPSA) is 60.9 Å². The van der Waals surface area contributed by atoms with Gasteiger partial charge in [0.2, 0.25) is 5.89 Å². The average molecular weight is 401 g/mol. The highest BCUT2D eigenvalue weighted by Crippen LogP contribution is 2.29. The van der Waals surface area contributed by atoms with Crippen molar-refractivity contribution in [2.75, 3.05) is 0 Å². The second-order valence-corrected chi connectivity index (χ2v) is 8.31. The first-order chi connectivity index (χ1) is 12.9. The summed E-state index contributed by atoms with van der Waals surface area (Å²) in [5.74, 6) is 0.648. The first kappa shape index (κ1) is 17.9. The van der Waals surface area contributed by atoms with Crippen molar-refractivity contribution >= 4 is 33.3 Å². The minimum Gasteiger partial charge on any atom is -0.444 e. The molecule has 0 saturated carbocycles. The van der Waals surface area contributed by atoms with Gasteiger partial charge < -0.3 is 4.42 Å². The van der Waals surface area contributed by atoms with Gasteiger partial charge in [-0.2, -0.15) is 0 Å². The Hall–Kier alpha value is -2.45. The Kier molecular flexibility index (Phi) is 4.61. The summed E-state index contributed by atoms with van der Waals surface area (Å²) in [5, 5.41) is 1.34. The summed E-state index contributed by atoms with van der Waals surface area (Å²) in [5.41, 5.74) is 2.41. The van der Waals surface area contributed by atoms with Crippen LogP contribution in [0, 0.1) is 19.7 Å². The molecule has 8 heteroatoms. The minimum atomic E-state index is -0.303. The van der Waals surface area contributed by atoms with E-state index < -0.39 is 0 Å². The lowest BCUT2D eigenvalue weighted by molar-refractivity contribution is 0.572. The third-order valence-electron chi connectivity index (χ3n) is 4.36. The van der Waals surface area contributed by atoms with Gasteiger partial charge in [0.1, 0.15) is 16.9 Å². The fourth-order valence-electron chi connectivity index (χ4n) is 2.72. The molecule has 0 aliphatic carbocycles. The molecule has 4 aromatic rings. The molecule has 0 bridgehead atoms. The van der Waals surface area contributed by atoms with Crippen LogP contribution in [0.25, 0.3) is 21.7 Å². The number of halogens is 1. The number of hydrogen-bond acceptors (Lipinski definition) is 6. The van der Waals surface area contributed by atoms with Crippen LogP contribution in [0.15, 0.2) is 44.9 Å². The van der Waals surface area contributed by atoms with E-state index in [1.54, 1.807) is 30.0 Å². The molecule has 1 aromatic carbocycles. The highest BCUT2D eigenvalue weighted by Gasteiger charge is 2.15. The van der Waals surface area contributed by atoms with E-state index in [9.17, 15) is 9.18 Å². The molecule has 0 atom stereocenters. The van der Waals surface area contributed by atoms with Gasteiger partial charge >= 0.3 is 0 Å². The zero-order valence-corrected chi connectivity index (χ0v) is 16.6. The van der Waals surface area contributed by atoms with Crippen molar-refractivity contribution in [3.8, 4) is 11.5 Å². The van der Waals surface area contributed by atoms with Crippen molar-refractivity contribution in [2.45, 2.75) is 24.8 Å². The van der Waals surface area contributed by atoms with Crippen LogP contribution < -0.4 is 5.56 Å². The molecule has 0 spiro atoms. The fraction of sp³-hybridized carbons (Fsp3) is 0.211. The number of hydrogen-bond donors (Lipinski definition) is 0. The van der Waals surface area contributed by atoms with Gasteiger partial charge in [-0.3, -0.25) is 9.36 Å². The largest absolute Gasteiger partial charge is 0.444 e. The molecular formula is C19H16FN3O2S2. The second-order valence-electron chi connectivity index (χ2n) is 6.16. The van der Waals surface area contributed by atoms with E-state index in [0.717, 1.165) is 21.0 Å². The zero-order chi connectivity index (χ0) is 19.1. The van der Waals surface area contributed by atoms with Crippen molar-refractivity contribution < 1.29 is 8.81 Å². The van der Waals surface area contributed by atoms with Crippen LogP contribution >= 0.6 is 23.1 Å². The Morgan fingerprint density at radius 3 is 2.70 bits per heavy atom. The molecule has 0 fully saturated rings. The molecule has 0 amide bonds. The van der Waals surface area contributed by atoms with Gasteiger partial charge in [-0.25, -0.2) is 14.4 Å². The normalized spacial score (nSPS) is 11.4. The number of fused-ring (bicyclic) bond motifs is 1. The number of rotatable bonds is 4. The molecule has 0 unspecified atom stereocenters. The van der Waals surface area contributed by atoms with E-state index in [1.807, 2.05) is 13.8 Å². The molecule has 138 valence electrons. The predicted molar refractivity (Wildman–Crippen MR) is 106 cm³/mol. The summed E-state index contributed by atoms with van der Waals surface area (Å²) in [4.78, 5) is 23.6. The molecule has 4 rings (SSSR count). The van der Waals surface area contributed by atoms with Crippen LogP contribution in [0.1, 0.15) is 16.1 Å². The summed E-state index contributed by atoms with van der Waals surface area (Å²) < 4.78 is 20.1. The molecule has 3 aromatic heterocycles. The average Bonchev–Trinajstić information content (AvgIpc) is 3.23. The molecule has 5 nitrogen and oxygen atoms in total. The first-order valence-electron chi connectivity index (χ1n) is 8.24. The maximum Gasteiger partial charge on any atom is 0.262 e. The van der Waals surface area contributed by atoms with Gasteiger partial charge in [-0.05, 0) is 43.7 Å². The summed E-state index contributed by atoms with van der Waals surface area (Å²) in [6.07, 6.45) is 1.57. The monoisotopic (exact) mass is 401 g/mol. The van der Waals surface area contributed by atoms with Crippen molar-refractivity contribution in [3.05, 3.63) is 62.8 Å². The van der Waals surface area contributed by atoms with E-state index >= 15 is 0 Å². The highest BCUT2D eigenvalue weighted by molar-refractivity contribution is 7.98. The van der Waals surface area contributed by atoms with Gasteiger partial charge in [0, 0.05) is 23.2 Å². The molecule has 0 N–H and O–H groups in total. The fourth-order valence-corrected chi connectivity index (χ4v) is 4.64. The number of thioether (sulfide) groups is 1. The molecule has 0 radical (unpaired) electrons. The van der Waals surface area contributed by atoms with E-state index in [1.165, 1.54) is 35.2 Å². The van der Waals surface area contributed by atoms with Crippen LogP contribution in [-0.2, 0) is 12.8 Å². The van der Waals surface area contributed by atoms with Crippen LogP contribution in [0.4, 0.5) is 4.39 Å². The molecule has 3 heterocycles. The molecule has 0 saturated heterocycles. The van der Waals surface area contributed by atoms with E-state index in [0.29, 0.717) is 27.7 Å². The maximum absolute atomic E-state index is 13.0. The quantitative estimate of drug-likeness (QED) is 0.366. The van der Waals surface area contributed by atoms with Crippen LogP contribution in [0.3, 0.4) is 0 Å². The Bertz CT molecular complexity index is 1190. The molecule has 27 heavy (non-hydrogen) atoms. The van der Waals surface area contributed by atoms with E-state index in [2.05, 4.69) is 9.97 Å². The number of aromatic nitrogens is 3. The molecular weight excluding hydrogens is 385 g/mol. The van der Waals surface area contributed by atoms with Crippen LogP contribution in [-0.4, -0.2) is 14.5 Å². The predicted octanol–water partition coefficient (Wildman–Crippen LogP) is 4.70. The number of benzene rings is 1. The third kappa shape index (κ3) is 3.30. The van der Waals surface area contributed by atoms with Crippen LogP contribution in [0.5, 0.6) is 0 Å². The van der Waals surface area contributed by atoms with Crippen molar-refractivity contribution in [1.29, 1.82) is 0 Å². The minimum absolute atomic E-state index is 0.0310. The van der Waals surface area contributed by atoms with Crippen molar-refractivity contribution in [2.24, 2.45) is 7.05 Å². The number of aryl methyl sites for hydroxylation is 2. The lowest BCUT2D eigenvalue weighted by Crippen LogP contribution is -2.19. The number of nitrogens with zero attached hydrogens (tertiary/aromatic N) is 3. The summed E-state index contributed by atoms with van der Waals surface area (Å²) in [6.45, 7) is 3.96. The van der Waals surface area contributed by atoms with Gasteiger partial charge in [-0.15, -0.1) is 11.3 Å². The molecule has 0 aliphatic rings. The smallest absolute Gasteiger partial charge is 0.262 e. The lowest BCUT2D eigenvalue weighted by Gasteiger charge is -2.06. The zero-order valence-electron chi connectivity index (χ0n) is 14.9. The van der Waals surface area contributed by atoms with Gasteiger partial charge in [0.15, 0.2) is 5.16 Å². The van der Waals surface area contributed by atoms with Crippen LogP contribution in [0.2, 0.25) is 0 Å². The van der Waals surface area contributed by atoms with E-state index in [-0.39, 0.29) is 11.4 Å². The summed E-state index contributed by atoms with van der Waals surface area (Å²) in [7, 11) is 1.73. The summed E-state index contributed by atoms with van der Waals surface area (Å²) >= 11 is 2.97. The first-order valence-corrected chi connectivity index (χ1v) is 10.0. The van der Waals surface area contributed by atoms with Gasteiger partial charge in [-0.1, -0.05) is 11.8 Å². The molecule has 0 aliphatic heterocycles. The van der Waals surface area contributed by atoms with Gasteiger partial charge in [0.05, 0.1) is 11.1 Å². The highest BCUT2D eigenvalue weighted by atomic mass is 32.2.